The summed E-state index contributed by atoms with van der Waals surface area (Å²) in [4.78, 5) is 34.7. The number of amides is 1. The highest BCUT2D eigenvalue weighted by Gasteiger charge is 2.31. The number of nitrogens with one attached hydrogen (secondary N) is 1. The number of ether oxygens (including phenoxy) is 1. The average Bonchev–Trinajstić information content (AvgIpc) is 2.55. The molecule has 1 aliphatic heterocycles. The molecule has 1 heterocycles. The van der Waals surface area contributed by atoms with Crippen LogP contribution in [0.3, 0.4) is 0 Å². The number of hydrogen-bond acceptors (Lipinski definition) is 5. The van der Waals surface area contributed by atoms with Gasteiger partial charge in [-0.25, -0.2) is 4.79 Å². The van der Waals surface area contributed by atoms with Gasteiger partial charge in [0, 0.05) is 29.3 Å². The van der Waals surface area contributed by atoms with Gasteiger partial charge in [-0.15, -0.1) is 0 Å². The van der Waals surface area contributed by atoms with Gasteiger partial charge >= 0.3 is 5.97 Å². The van der Waals surface area contributed by atoms with Gasteiger partial charge in [0.2, 0.25) is 0 Å². The predicted molar refractivity (Wildman–Crippen MR) is 90.8 cm³/mol. The van der Waals surface area contributed by atoms with Gasteiger partial charge in [-0.2, -0.15) is 0 Å². The number of anilines is 1. The molecule has 128 valence electrons. The van der Waals surface area contributed by atoms with Crippen molar-refractivity contribution in [3.63, 3.8) is 0 Å². The number of carbonyl (C=O) groups excluding carboxylic acids is 2. The number of cyclic esters (lactones) is 1. The number of nitro groups is 1. The number of esters is 1. The van der Waals surface area contributed by atoms with Crippen LogP contribution in [0, 0.1) is 17.0 Å². The van der Waals surface area contributed by atoms with E-state index in [4.69, 9.17) is 16.3 Å². The summed E-state index contributed by atoms with van der Waals surface area (Å²) in [7, 11) is 0. The number of fused-ring (bicyclic) bond motifs is 1. The van der Waals surface area contributed by atoms with Crippen LogP contribution in [-0.4, -0.2) is 22.9 Å². The summed E-state index contributed by atoms with van der Waals surface area (Å²) in [5.41, 5.74) is 1.92. The van der Waals surface area contributed by atoms with Gasteiger partial charge < -0.3 is 10.1 Å². The third-order valence-electron chi connectivity index (χ3n) is 3.91. The Hall–Kier alpha value is -2.93. The molecule has 25 heavy (non-hydrogen) atoms. The number of nitro benzene ring substituents is 1. The number of halogens is 1. The lowest BCUT2D eigenvalue weighted by atomic mass is 9.98. The number of carbonyl (C=O) groups is 2. The highest BCUT2D eigenvalue weighted by molar-refractivity contribution is 6.30. The minimum atomic E-state index is -0.993. The first-order chi connectivity index (χ1) is 11.8. The molecule has 1 amide bonds. The first kappa shape index (κ1) is 16.9. The first-order valence-corrected chi connectivity index (χ1v) is 7.78. The van der Waals surface area contributed by atoms with E-state index in [1.54, 1.807) is 25.1 Å². The van der Waals surface area contributed by atoms with Crippen LogP contribution in [0.1, 0.15) is 21.5 Å². The lowest BCUT2D eigenvalue weighted by Gasteiger charge is -2.24. The summed E-state index contributed by atoms with van der Waals surface area (Å²) < 4.78 is 5.19. The summed E-state index contributed by atoms with van der Waals surface area (Å²) in [6.07, 6.45) is -0.785. The Kier molecular flexibility index (Phi) is 4.41. The van der Waals surface area contributed by atoms with Crippen LogP contribution in [0.4, 0.5) is 11.4 Å². The van der Waals surface area contributed by atoms with Crippen molar-refractivity contribution in [2.24, 2.45) is 0 Å². The van der Waals surface area contributed by atoms with Gasteiger partial charge in [0.1, 0.15) is 0 Å². The van der Waals surface area contributed by atoms with Crippen molar-refractivity contribution in [3.05, 3.63) is 68.2 Å². The van der Waals surface area contributed by atoms with E-state index in [9.17, 15) is 19.7 Å². The Bertz CT molecular complexity index is 897. The molecule has 1 N–H and O–H groups in total. The second-order valence-electron chi connectivity index (χ2n) is 5.65. The fraction of sp³-hybridized carbons (Fsp3) is 0.176. The maximum atomic E-state index is 12.4. The molecule has 0 spiro atoms. The monoisotopic (exact) mass is 360 g/mol. The van der Waals surface area contributed by atoms with Gasteiger partial charge in [0.25, 0.3) is 11.6 Å². The predicted octanol–water partition coefficient (Wildman–Crippen LogP) is 3.28. The Balaban J connectivity index is 1.78. The van der Waals surface area contributed by atoms with Crippen LogP contribution in [0.15, 0.2) is 36.4 Å². The molecule has 0 saturated heterocycles. The minimum Gasteiger partial charge on any atom is -0.448 e. The normalized spacial score (nSPS) is 15.9. The second kappa shape index (κ2) is 6.52. The second-order valence-corrected chi connectivity index (χ2v) is 6.08. The summed E-state index contributed by atoms with van der Waals surface area (Å²) in [5.74, 6) is -1.09. The van der Waals surface area contributed by atoms with Crippen molar-refractivity contribution in [3.8, 4) is 0 Å². The molecule has 0 aliphatic carbocycles. The van der Waals surface area contributed by atoms with Gasteiger partial charge in [-0.05, 0) is 42.3 Å². The number of rotatable bonds is 3. The maximum absolute atomic E-state index is 12.4. The Morgan fingerprint density at radius 3 is 2.76 bits per heavy atom. The van der Waals surface area contributed by atoms with E-state index in [1.807, 2.05) is 0 Å². The molecule has 1 unspecified atom stereocenters. The van der Waals surface area contributed by atoms with Crippen molar-refractivity contribution in [2.75, 3.05) is 5.32 Å². The number of hydrogen-bond donors (Lipinski definition) is 1. The molecule has 8 heteroatoms. The van der Waals surface area contributed by atoms with E-state index in [-0.39, 0.29) is 12.1 Å². The molecule has 2 aromatic rings. The zero-order chi connectivity index (χ0) is 18.1. The third-order valence-corrected chi connectivity index (χ3v) is 4.15. The fourth-order valence-electron chi connectivity index (χ4n) is 2.63. The molecule has 1 aliphatic rings. The third kappa shape index (κ3) is 3.46. The molecule has 0 fully saturated rings. The lowest BCUT2D eigenvalue weighted by Crippen LogP contribution is -2.38. The molecular formula is C17H13ClN2O5. The standard InChI is InChI=1S/C17H13ClN2O5/c1-9-6-12(20(23)24)3-5-14(9)19-16(21)15-8-10-7-11(18)2-4-13(10)17(22)25-15/h2-7,15H,8H2,1H3,(H,19,21). The van der Waals surface area contributed by atoms with Crippen LogP contribution >= 0.6 is 11.6 Å². The molecule has 2 aromatic carbocycles. The smallest absolute Gasteiger partial charge is 0.339 e. The topological polar surface area (TPSA) is 98.5 Å². The zero-order valence-electron chi connectivity index (χ0n) is 13.1. The largest absolute Gasteiger partial charge is 0.448 e. The van der Waals surface area contributed by atoms with E-state index >= 15 is 0 Å². The fourth-order valence-corrected chi connectivity index (χ4v) is 2.82. The van der Waals surface area contributed by atoms with Crippen LogP contribution in [0.5, 0.6) is 0 Å². The quantitative estimate of drug-likeness (QED) is 0.514. The summed E-state index contributed by atoms with van der Waals surface area (Å²) in [6.45, 7) is 1.64. The number of non-ortho nitro benzene ring substituents is 1. The minimum absolute atomic E-state index is 0.0665. The van der Waals surface area contributed by atoms with Gasteiger partial charge in [-0.3, -0.25) is 14.9 Å². The molecule has 0 radical (unpaired) electrons. The van der Waals surface area contributed by atoms with Crippen LogP contribution in [-0.2, 0) is 16.0 Å². The van der Waals surface area contributed by atoms with Crippen LogP contribution < -0.4 is 5.32 Å². The first-order valence-electron chi connectivity index (χ1n) is 7.40. The number of nitrogens with zero attached hydrogens (tertiary/aromatic N) is 1. The summed E-state index contributed by atoms with van der Waals surface area (Å²) in [5, 5.41) is 13.9. The van der Waals surface area contributed by atoms with Crippen molar-refractivity contribution in [1.82, 2.24) is 0 Å². The van der Waals surface area contributed by atoms with Crippen molar-refractivity contribution >= 4 is 34.9 Å². The Morgan fingerprint density at radius 2 is 2.08 bits per heavy atom. The molecule has 0 aromatic heterocycles. The molecular weight excluding hydrogens is 348 g/mol. The lowest BCUT2D eigenvalue weighted by molar-refractivity contribution is -0.384. The SMILES string of the molecule is Cc1cc([N+](=O)[O-])ccc1NC(=O)C1Cc2cc(Cl)ccc2C(=O)O1. The average molecular weight is 361 g/mol. The Morgan fingerprint density at radius 1 is 1.32 bits per heavy atom. The number of benzene rings is 2. The van der Waals surface area contributed by atoms with E-state index in [1.165, 1.54) is 18.2 Å². The maximum Gasteiger partial charge on any atom is 0.339 e. The van der Waals surface area contributed by atoms with E-state index in [2.05, 4.69) is 5.32 Å². The van der Waals surface area contributed by atoms with Crippen molar-refractivity contribution < 1.29 is 19.2 Å². The highest BCUT2D eigenvalue weighted by Crippen LogP contribution is 2.26. The molecule has 0 saturated carbocycles. The molecule has 7 nitrogen and oxygen atoms in total. The van der Waals surface area contributed by atoms with E-state index < -0.39 is 22.9 Å². The molecule has 0 bridgehead atoms. The van der Waals surface area contributed by atoms with E-state index in [0.29, 0.717) is 27.4 Å². The van der Waals surface area contributed by atoms with Crippen molar-refractivity contribution in [1.29, 1.82) is 0 Å². The highest BCUT2D eigenvalue weighted by atomic mass is 35.5. The molecule has 1 atom stereocenters. The van der Waals surface area contributed by atoms with Gasteiger partial charge in [0.05, 0.1) is 10.5 Å². The van der Waals surface area contributed by atoms with Crippen LogP contribution in [0.2, 0.25) is 5.02 Å². The van der Waals surface area contributed by atoms with Gasteiger partial charge in [0.15, 0.2) is 6.10 Å². The summed E-state index contributed by atoms with van der Waals surface area (Å²) in [6, 6.07) is 8.88. The Labute approximate surface area is 147 Å². The zero-order valence-corrected chi connectivity index (χ0v) is 13.9. The van der Waals surface area contributed by atoms with Crippen LogP contribution in [0.25, 0.3) is 0 Å². The number of aryl methyl sites for hydroxylation is 1. The van der Waals surface area contributed by atoms with E-state index in [0.717, 1.165) is 0 Å². The van der Waals surface area contributed by atoms with Gasteiger partial charge in [-0.1, -0.05) is 11.6 Å². The molecule has 3 rings (SSSR count). The van der Waals surface area contributed by atoms with Crippen molar-refractivity contribution in [2.45, 2.75) is 19.4 Å². The summed E-state index contributed by atoms with van der Waals surface area (Å²) >= 11 is 5.93.